The molecule has 2 aliphatic heterocycles. The molecule has 0 aliphatic carbocycles. The molecule has 2 atom stereocenters. The van der Waals surface area contributed by atoms with Gasteiger partial charge < -0.3 is 26.1 Å². The Balaban J connectivity index is 0.00000267. The second kappa shape index (κ2) is 14.7. The molecule has 4 rings (SSSR count). The summed E-state index contributed by atoms with van der Waals surface area (Å²) in [4.78, 5) is 63.9. The number of amides is 2. The molecule has 0 aromatic carbocycles. The van der Waals surface area contributed by atoms with Crippen LogP contribution in [-0.4, -0.2) is 84.6 Å². The van der Waals surface area contributed by atoms with Crippen molar-refractivity contribution in [1.82, 2.24) is 20.2 Å². The molecule has 39 heavy (non-hydrogen) atoms. The first-order valence-corrected chi connectivity index (χ1v) is 14.2. The fourth-order valence-electron chi connectivity index (χ4n) is 3.61. The predicted octanol–water partition coefficient (Wildman–Crippen LogP) is -4.99. The number of β-lactam (4-membered cyclic amide) rings is 1. The van der Waals surface area contributed by atoms with E-state index >= 15 is 0 Å². The number of hydrogen-bond acceptors (Lipinski definition) is 13. The normalized spacial score (nSPS) is 18.4. The Hall–Kier alpha value is -1.15. The second-order valence-electron chi connectivity index (χ2n) is 7.66. The van der Waals surface area contributed by atoms with E-state index in [0.717, 1.165) is 11.3 Å². The number of oxime groups is 1. The minimum atomic E-state index is -1.25. The number of aliphatic carboxylic acids is 2. The van der Waals surface area contributed by atoms with Crippen LogP contribution in [0, 0.1) is 6.92 Å². The number of fused-ring (bicyclic) bond motifs is 1. The van der Waals surface area contributed by atoms with Gasteiger partial charge in [-0.15, -0.1) is 34.4 Å². The number of carbonyl (C=O) groups is 4. The van der Waals surface area contributed by atoms with Crippen molar-refractivity contribution in [2.24, 2.45) is 5.16 Å². The fourth-order valence-corrected chi connectivity index (χ4v) is 7.87. The first-order valence-electron chi connectivity index (χ1n) is 10.4. The van der Waals surface area contributed by atoms with E-state index in [4.69, 9.17) is 15.7 Å². The summed E-state index contributed by atoms with van der Waals surface area (Å²) in [5.41, 5.74) is 6.70. The molecule has 1 saturated heterocycles. The van der Waals surface area contributed by atoms with Crippen molar-refractivity contribution in [2.45, 2.75) is 29.1 Å². The SMILES string of the molecule is CON=C(C(=O)N[C@@H]1C(=O)N2C(C(=O)O)=C(CSc3nc(C)c(CC(=O)O)s3)CS[C@H]12)c1csc(N)n1.[Na+].[Na+]. The Morgan fingerprint density at radius 2 is 2.03 bits per heavy atom. The van der Waals surface area contributed by atoms with Crippen molar-refractivity contribution >= 4 is 80.8 Å². The van der Waals surface area contributed by atoms with E-state index in [1.807, 2.05) is 0 Å². The standard InChI is InChI=1S/C20H20N6O7S4.2Na/c1-7-10(3-11(27)28)37-20(22-7)36-5-8-4-34-17-13(16(30)26(17)14(8)18(31)32)24-15(29)12(25-33-2)9-6-35-19(21)23-9;;/h6,13,17H,3-5H2,1-2H3,(H2,21,23)(H,24,29)(H,27,28)(H,31,32);;/q;2*+1/t13-,17-;;/m1../s1. The van der Waals surface area contributed by atoms with Crippen molar-refractivity contribution in [3.8, 4) is 0 Å². The van der Waals surface area contributed by atoms with E-state index < -0.39 is 35.2 Å². The molecule has 13 nitrogen and oxygen atoms in total. The van der Waals surface area contributed by atoms with Crippen LogP contribution in [0.5, 0.6) is 0 Å². The van der Waals surface area contributed by atoms with E-state index in [-0.39, 0.29) is 93.5 Å². The molecule has 196 valence electrons. The average Bonchev–Trinajstić information content (AvgIpc) is 3.42. The monoisotopic (exact) mass is 630 g/mol. The maximum atomic E-state index is 13.0. The number of rotatable bonds is 10. The molecule has 0 bridgehead atoms. The number of thiazole rings is 2. The summed E-state index contributed by atoms with van der Waals surface area (Å²) in [6, 6.07) is -0.959. The van der Waals surface area contributed by atoms with Gasteiger partial charge in [0.15, 0.2) is 15.2 Å². The molecule has 0 saturated carbocycles. The molecular formula is C20H20N6Na2O7S4+2. The van der Waals surface area contributed by atoms with Crippen LogP contribution in [0.4, 0.5) is 5.13 Å². The molecular weight excluding hydrogens is 611 g/mol. The molecule has 5 N–H and O–H groups in total. The average molecular weight is 631 g/mol. The number of aromatic nitrogens is 2. The summed E-state index contributed by atoms with van der Waals surface area (Å²) in [7, 11) is 1.26. The van der Waals surface area contributed by atoms with Crippen molar-refractivity contribution in [3.63, 3.8) is 0 Å². The number of nitrogen functional groups attached to an aromatic ring is 1. The van der Waals surface area contributed by atoms with Crippen molar-refractivity contribution < 1.29 is 93.3 Å². The molecule has 4 heterocycles. The van der Waals surface area contributed by atoms with E-state index in [1.165, 1.54) is 52.3 Å². The Morgan fingerprint density at radius 3 is 2.62 bits per heavy atom. The van der Waals surface area contributed by atoms with Crippen LogP contribution >= 0.6 is 46.2 Å². The summed E-state index contributed by atoms with van der Waals surface area (Å²) in [6.07, 6.45) is -0.132. The number of nitrogens with one attached hydrogen (secondary N) is 1. The smallest absolute Gasteiger partial charge is 0.481 e. The zero-order valence-corrected chi connectivity index (χ0v) is 28.6. The van der Waals surface area contributed by atoms with Gasteiger partial charge in [-0.05, 0) is 12.5 Å². The van der Waals surface area contributed by atoms with Crippen LogP contribution in [-0.2, 0) is 30.4 Å². The van der Waals surface area contributed by atoms with Crippen molar-refractivity contribution in [2.75, 3.05) is 24.3 Å². The van der Waals surface area contributed by atoms with Crippen LogP contribution in [0.25, 0.3) is 0 Å². The number of carboxylic acid groups (broad SMARTS) is 2. The number of nitrogens with two attached hydrogens (primary N) is 1. The third-order valence-electron chi connectivity index (χ3n) is 5.25. The molecule has 0 radical (unpaired) electrons. The van der Waals surface area contributed by atoms with Gasteiger partial charge in [0.25, 0.3) is 11.8 Å². The summed E-state index contributed by atoms with van der Waals surface area (Å²) in [5.74, 6) is -2.89. The molecule has 1 fully saturated rings. The number of carbonyl (C=O) groups excluding carboxylic acids is 2. The van der Waals surface area contributed by atoms with E-state index in [2.05, 4.69) is 20.4 Å². The Kier molecular flexibility index (Phi) is 12.8. The summed E-state index contributed by atoms with van der Waals surface area (Å²) < 4.78 is 0.617. The van der Waals surface area contributed by atoms with Crippen molar-refractivity contribution in [3.05, 3.63) is 32.9 Å². The minimum absolute atomic E-state index is 0. The van der Waals surface area contributed by atoms with Crippen molar-refractivity contribution in [1.29, 1.82) is 0 Å². The number of carboxylic acids is 2. The summed E-state index contributed by atoms with van der Waals surface area (Å²) in [5, 5.41) is 26.3. The molecule has 0 unspecified atom stereocenters. The number of anilines is 1. The topological polar surface area (TPSA) is 197 Å². The van der Waals surface area contributed by atoms with Crippen LogP contribution in [0.2, 0.25) is 0 Å². The van der Waals surface area contributed by atoms with E-state index in [1.54, 1.807) is 6.92 Å². The first-order chi connectivity index (χ1) is 17.6. The van der Waals surface area contributed by atoms with E-state index in [0.29, 0.717) is 26.2 Å². The number of thioether (sulfide) groups is 2. The summed E-state index contributed by atoms with van der Waals surface area (Å²) in [6.45, 7) is 1.72. The maximum absolute atomic E-state index is 13.0. The molecule has 2 aliphatic rings. The molecule has 2 aromatic rings. The third kappa shape index (κ3) is 7.58. The molecule has 19 heteroatoms. The molecule has 2 aromatic heterocycles. The Bertz CT molecular complexity index is 1350. The van der Waals surface area contributed by atoms with Gasteiger partial charge in [-0.3, -0.25) is 19.3 Å². The minimum Gasteiger partial charge on any atom is -0.481 e. The quantitative estimate of drug-likeness (QED) is 0.0642. The van der Waals surface area contributed by atoms with Crippen LogP contribution in [0.15, 0.2) is 26.1 Å². The Labute approximate surface area is 283 Å². The van der Waals surface area contributed by atoms with Crippen LogP contribution in [0.1, 0.15) is 16.3 Å². The fraction of sp³-hybridized carbons (Fsp3) is 0.350. The number of aryl methyl sites for hydroxylation is 1. The maximum Gasteiger partial charge on any atom is 1.00 e. The van der Waals surface area contributed by atoms with E-state index in [9.17, 15) is 24.3 Å². The molecule has 0 spiro atoms. The van der Waals surface area contributed by atoms with Gasteiger partial charge in [-0.2, -0.15) is 0 Å². The largest absolute Gasteiger partial charge is 1.00 e. The van der Waals surface area contributed by atoms with Crippen LogP contribution in [0.3, 0.4) is 0 Å². The molecule has 2 amide bonds. The third-order valence-corrected chi connectivity index (χ3v) is 9.65. The number of hydrogen-bond donors (Lipinski definition) is 4. The zero-order chi connectivity index (χ0) is 26.9. The van der Waals surface area contributed by atoms with Gasteiger partial charge >= 0.3 is 71.1 Å². The van der Waals surface area contributed by atoms with Gasteiger partial charge in [0, 0.05) is 21.8 Å². The van der Waals surface area contributed by atoms with Gasteiger partial charge in [0.05, 0.1) is 12.1 Å². The first kappa shape index (κ1) is 34.1. The second-order valence-corrected chi connectivity index (χ2v) is 12.0. The predicted molar refractivity (Wildman–Crippen MR) is 139 cm³/mol. The van der Waals surface area contributed by atoms with Gasteiger partial charge in [-0.25, -0.2) is 14.8 Å². The zero-order valence-electron chi connectivity index (χ0n) is 21.3. The van der Waals surface area contributed by atoms with Gasteiger partial charge in [-0.1, -0.05) is 16.9 Å². The van der Waals surface area contributed by atoms with Gasteiger partial charge in [0.1, 0.15) is 29.9 Å². The van der Waals surface area contributed by atoms with Gasteiger partial charge in [0.2, 0.25) is 0 Å². The van der Waals surface area contributed by atoms with Crippen LogP contribution < -0.4 is 70.2 Å². The number of nitrogens with zero attached hydrogens (tertiary/aromatic N) is 4. The summed E-state index contributed by atoms with van der Waals surface area (Å²) >= 11 is 4.98. The Morgan fingerprint density at radius 1 is 1.31 bits per heavy atom.